The van der Waals surface area contributed by atoms with E-state index in [-0.39, 0.29) is 28.6 Å². The van der Waals surface area contributed by atoms with Crippen molar-refractivity contribution in [1.29, 1.82) is 0 Å². The smallest absolute Gasteiger partial charge is 0.164 e. The molecule has 9 rings (SSSR count). The average Bonchev–Trinajstić information content (AvgIpc) is 3.41. The zero-order chi connectivity index (χ0) is 38.5. The van der Waals surface area contributed by atoms with Gasteiger partial charge in [-0.2, -0.15) is 0 Å². The molecule has 2 aliphatic rings. The van der Waals surface area contributed by atoms with Gasteiger partial charge < -0.3 is 0 Å². The molecule has 3 nitrogen and oxygen atoms in total. The molecule has 3 heteroatoms. The summed E-state index contributed by atoms with van der Waals surface area (Å²) < 4.78 is 84.3. The summed E-state index contributed by atoms with van der Waals surface area (Å²) in [6.45, 7) is 0. The molecule has 0 saturated carbocycles. The van der Waals surface area contributed by atoms with Crippen molar-refractivity contribution in [2.24, 2.45) is 0 Å². The summed E-state index contributed by atoms with van der Waals surface area (Å²) in [5.74, 6) is -0.596. The van der Waals surface area contributed by atoms with E-state index in [0.29, 0.717) is 5.56 Å². The van der Waals surface area contributed by atoms with Crippen molar-refractivity contribution in [3.05, 3.63) is 185 Å². The highest BCUT2D eigenvalue weighted by Gasteiger charge is 2.48. The van der Waals surface area contributed by atoms with Crippen LogP contribution in [0.2, 0.25) is 0 Å². The van der Waals surface area contributed by atoms with Crippen molar-refractivity contribution in [3.8, 4) is 45.3 Å². The molecule has 0 radical (unpaired) electrons. The van der Waals surface area contributed by atoms with Gasteiger partial charge >= 0.3 is 0 Å². The van der Waals surface area contributed by atoms with Gasteiger partial charge in [0, 0.05) is 16.7 Å². The highest BCUT2D eigenvalue weighted by atomic mass is 15.0. The molecular formula is C42H27N3. The van der Waals surface area contributed by atoms with E-state index < -0.39 is 65.8 Å². The van der Waals surface area contributed by atoms with E-state index in [1.54, 1.807) is 0 Å². The lowest BCUT2D eigenvalue weighted by molar-refractivity contribution is 0.766. The van der Waals surface area contributed by atoms with Gasteiger partial charge in [0.25, 0.3) is 0 Å². The molecule has 1 spiro atoms. The van der Waals surface area contributed by atoms with Gasteiger partial charge in [-0.1, -0.05) is 158 Å². The summed E-state index contributed by atoms with van der Waals surface area (Å²) in [6.07, 6.45) is 4.28. The number of fused-ring (bicyclic) bond motifs is 9. The fourth-order valence-electron chi connectivity index (χ4n) is 6.75. The van der Waals surface area contributed by atoms with E-state index in [1.165, 1.54) is 0 Å². The molecular weight excluding hydrogens is 546 g/mol. The molecule has 210 valence electrons. The van der Waals surface area contributed by atoms with Crippen LogP contribution in [0.1, 0.15) is 47.1 Å². The molecule has 0 N–H and O–H groups in total. The Morgan fingerprint density at radius 1 is 0.422 bits per heavy atom. The van der Waals surface area contributed by atoms with Crippen LogP contribution < -0.4 is 0 Å². The Hall–Kier alpha value is -5.93. The van der Waals surface area contributed by atoms with Crippen molar-refractivity contribution in [2.45, 2.75) is 5.41 Å². The largest absolute Gasteiger partial charge is 0.208 e. The minimum absolute atomic E-state index is 0.0168. The number of rotatable bonds is 3. The number of hydrogen-bond donors (Lipinski definition) is 0. The van der Waals surface area contributed by atoms with E-state index in [2.05, 4.69) is 63.5 Å². The second kappa shape index (κ2) is 10.1. The summed E-state index contributed by atoms with van der Waals surface area (Å²) in [4.78, 5) is 13.8. The third-order valence-electron chi connectivity index (χ3n) is 8.56. The van der Waals surface area contributed by atoms with Crippen LogP contribution in [0.3, 0.4) is 0 Å². The zero-order valence-electron chi connectivity index (χ0n) is 33.7. The topological polar surface area (TPSA) is 38.7 Å². The lowest BCUT2D eigenvalue weighted by atomic mass is 9.66. The SMILES string of the molecule is [2H]c1c([2H])c([2H])c(-c2nc(-c3ccc4c(c3)-c3ccccc3C43c4ccccc4C=Cc4ccccc43)nc(-c3c([2H])c([2H])c([2H])c([2H])c3[2H])n2)c([2H])c1[2H]. The minimum atomic E-state index is -0.697. The van der Waals surface area contributed by atoms with Crippen LogP contribution in [0.25, 0.3) is 57.4 Å². The molecule has 0 unspecified atom stereocenters. The van der Waals surface area contributed by atoms with Gasteiger partial charge in [-0.3, -0.25) is 0 Å². The molecule has 6 aromatic carbocycles. The van der Waals surface area contributed by atoms with E-state index in [4.69, 9.17) is 13.7 Å². The monoisotopic (exact) mass is 583 g/mol. The standard InChI is InChI=1S/C42H27N3/c1-3-15-30(16-4-1)39-43-40(31-17-5-2-6-18-31)45-41(44-39)32-25-26-38-34(27-32)33-19-9-12-22-37(33)42(38)35-20-10-7-13-28(35)23-24-29-14-8-11-21-36(29)42/h1-27H/i1D,2D,3D,4D,5D,6D,15D,16D,17D,18D. The molecule has 45 heavy (non-hydrogen) atoms. The normalized spacial score (nSPS) is 16.5. The fraction of sp³-hybridized carbons (Fsp3) is 0.0238. The van der Waals surface area contributed by atoms with Crippen molar-refractivity contribution >= 4 is 12.2 Å². The van der Waals surface area contributed by atoms with Crippen LogP contribution in [0.15, 0.2) is 151 Å². The summed E-state index contributed by atoms with van der Waals surface area (Å²) in [5.41, 5.74) is 7.52. The molecule has 1 heterocycles. The van der Waals surface area contributed by atoms with Gasteiger partial charge in [-0.05, 0) is 50.6 Å². The molecule has 0 bridgehead atoms. The summed E-state index contributed by atoms with van der Waals surface area (Å²) in [6, 6.07) is 24.9. The number of nitrogens with zero attached hydrogens (tertiary/aromatic N) is 3. The molecule has 7 aromatic rings. The van der Waals surface area contributed by atoms with Gasteiger partial charge in [0.15, 0.2) is 17.5 Å². The average molecular weight is 584 g/mol. The quantitative estimate of drug-likeness (QED) is 0.208. The van der Waals surface area contributed by atoms with Crippen molar-refractivity contribution in [1.82, 2.24) is 15.0 Å². The lowest BCUT2D eigenvalue weighted by Crippen LogP contribution is -2.29. The first kappa shape index (κ1) is 17.4. The fourth-order valence-corrected chi connectivity index (χ4v) is 6.75. The zero-order valence-corrected chi connectivity index (χ0v) is 23.7. The molecule has 0 saturated heterocycles. The van der Waals surface area contributed by atoms with Crippen LogP contribution in [0.4, 0.5) is 0 Å². The van der Waals surface area contributed by atoms with E-state index in [1.807, 2.05) is 54.6 Å². The Labute approximate surface area is 276 Å². The second-order valence-corrected chi connectivity index (χ2v) is 10.9. The van der Waals surface area contributed by atoms with Crippen molar-refractivity contribution < 1.29 is 13.7 Å². The van der Waals surface area contributed by atoms with Gasteiger partial charge in [-0.15, -0.1) is 0 Å². The third kappa shape index (κ3) is 3.87. The third-order valence-corrected chi connectivity index (χ3v) is 8.56. The first-order valence-corrected chi connectivity index (χ1v) is 14.5. The minimum Gasteiger partial charge on any atom is -0.208 e. The molecule has 0 fully saturated rings. The van der Waals surface area contributed by atoms with Gasteiger partial charge in [0.2, 0.25) is 0 Å². The summed E-state index contributed by atoms with van der Waals surface area (Å²) >= 11 is 0. The maximum atomic E-state index is 8.70. The molecule has 0 aliphatic heterocycles. The predicted octanol–water partition coefficient (Wildman–Crippen LogP) is 9.72. The maximum absolute atomic E-state index is 8.70. The molecule has 2 aliphatic carbocycles. The van der Waals surface area contributed by atoms with Gasteiger partial charge in [-0.25, -0.2) is 15.0 Å². The van der Waals surface area contributed by atoms with Gasteiger partial charge in [0.05, 0.1) is 19.1 Å². The summed E-state index contributed by atoms with van der Waals surface area (Å²) in [7, 11) is 0. The van der Waals surface area contributed by atoms with Crippen LogP contribution in [-0.4, -0.2) is 15.0 Å². The second-order valence-electron chi connectivity index (χ2n) is 10.9. The van der Waals surface area contributed by atoms with Crippen molar-refractivity contribution in [3.63, 3.8) is 0 Å². The Morgan fingerprint density at radius 2 is 0.889 bits per heavy atom. The number of aromatic nitrogens is 3. The first-order valence-electron chi connectivity index (χ1n) is 19.5. The predicted molar refractivity (Wildman–Crippen MR) is 182 cm³/mol. The van der Waals surface area contributed by atoms with Gasteiger partial charge in [0.1, 0.15) is 0 Å². The highest BCUT2D eigenvalue weighted by molar-refractivity contribution is 5.92. The van der Waals surface area contributed by atoms with E-state index in [0.717, 1.165) is 44.5 Å². The Kier molecular flexibility index (Phi) is 3.89. The summed E-state index contributed by atoms with van der Waals surface area (Å²) in [5, 5.41) is 0. The van der Waals surface area contributed by atoms with Crippen LogP contribution >= 0.6 is 0 Å². The van der Waals surface area contributed by atoms with E-state index >= 15 is 0 Å². The first-order chi connectivity index (χ1) is 26.4. The highest BCUT2D eigenvalue weighted by Crippen LogP contribution is 2.58. The van der Waals surface area contributed by atoms with Crippen molar-refractivity contribution in [2.75, 3.05) is 0 Å². The Morgan fingerprint density at radius 3 is 1.47 bits per heavy atom. The Balaban J connectivity index is 1.35. The molecule has 0 atom stereocenters. The van der Waals surface area contributed by atoms with Crippen LogP contribution in [0.5, 0.6) is 0 Å². The number of benzene rings is 6. The van der Waals surface area contributed by atoms with Crippen LogP contribution in [0, 0.1) is 0 Å². The van der Waals surface area contributed by atoms with Crippen LogP contribution in [-0.2, 0) is 5.41 Å². The Bertz CT molecular complexity index is 2660. The maximum Gasteiger partial charge on any atom is 0.164 e. The number of hydrogen-bond acceptors (Lipinski definition) is 3. The van der Waals surface area contributed by atoms with E-state index in [9.17, 15) is 0 Å². The molecule has 1 aromatic heterocycles. The molecule has 0 amide bonds. The lowest BCUT2D eigenvalue weighted by Gasteiger charge is -2.35.